The van der Waals surface area contributed by atoms with E-state index >= 15 is 0 Å². The van der Waals surface area contributed by atoms with E-state index in [1.807, 2.05) is 11.0 Å². The Morgan fingerprint density at radius 3 is 2.40 bits per heavy atom. The van der Waals surface area contributed by atoms with Crippen molar-refractivity contribution in [3.8, 4) is 0 Å². The van der Waals surface area contributed by atoms with Gasteiger partial charge in [0.1, 0.15) is 5.82 Å². The van der Waals surface area contributed by atoms with Crippen molar-refractivity contribution in [3.63, 3.8) is 0 Å². The average molecular weight is 479 g/mol. The van der Waals surface area contributed by atoms with E-state index in [4.69, 9.17) is 0 Å². The molecule has 1 aromatic heterocycles. The average Bonchev–Trinajstić information content (AvgIpc) is 3.16. The van der Waals surface area contributed by atoms with E-state index in [1.165, 1.54) is 23.5 Å². The molecule has 1 saturated carbocycles. The molecule has 3 aliphatic rings. The number of aromatic nitrogens is 1. The molecule has 1 aliphatic carbocycles. The Morgan fingerprint density at radius 1 is 1.03 bits per heavy atom. The van der Waals surface area contributed by atoms with E-state index in [0.717, 1.165) is 25.7 Å². The number of piperidine rings is 1. The van der Waals surface area contributed by atoms with Crippen LogP contribution in [0, 0.1) is 17.7 Å². The number of amides is 4. The molecule has 8 heteroatoms. The van der Waals surface area contributed by atoms with E-state index in [0.29, 0.717) is 37.1 Å². The highest BCUT2D eigenvalue weighted by Crippen LogP contribution is 2.42. The van der Waals surface area contributed by atoms with E-state index < -0.39 is 11.6 Å². The molecule has 1 N–H and O–H groups in total. The molecular weight excluding hydrogens is 447 g/mol. The van der Waals surface area contributed by atoms with Gasteiger partial charge in [-0.2, -0.15) is 0 Å². The number of urea groups is 1. The van der Waals surface area contributed by atoms with Crippen LogP contribution >= 0.6 is 0 Å². The molecule has 4 amide bonds. The lowest BCUT2D eigenvalue weighted by molar-refractivity contribution is -0.139. The number of carbonyl (C=O) groups excluding carboxylic acids is 3. The van der Waals surface area contributed by atoms with Crippen molar-refractivity contribution in [3.05, 3.63) is 65.7 Å². The summed E-state index contributed by atoms with van der Waals surface area (Å²) in [5.41, 5.74) is 0.0903. The van der Waals surface area contributed by atoms with Gasteiger partial charge in [0.25, 0.3) is 5.91 Å². The monoisotopic (exact) mass is 478 g/mol. The number of halogens is 1. The summed E-state index contributed by atoms with van der Waals surface area (Å²) in [6.07, 6.45) is 9.86. The Labute approximate surface area is 204 Å². The van der Waals surface area contributed by atoms with Crippen molar-refractivity contribution < 1.29 is 18.8 Å². The molecule has 0 bridgehead atoms. The number of imide groups is 1. The van der Waals surface area contributed by atoms with E-state index in [-0.39, 0.29) is 36.0 Å². The molecule has 0 radical (unpaired) electrons. The number of rotatable bonds is 5. The van der Waals surface area contributed by atoms with Gasteiger partial charge in [0.2, 0.25) is 5.91 Å². The number of pyridine rings is 1. The number of nitrogens with one attached hydrogen (secondary N) is 1. The van der Waals surface area contributed by atoms with Gasteiger partial charge in [0, 0.05) is 37.0 Å². The minimum absolute atomic E-state index is 0.0615. The first kappa shape index (κ1) is 23.5. The van der Waals surface area contributed by atoms with Crippen molar-refractivity contribution in [1.82, 2.24) is 20.1 Å². The molecule has 2 aliphatic heterocycles. The molecule has 1 aromatic carbocycles. The van der Waals surface area contributed by atoms with E-state index in [2.05, 4.69) is 10.3 Å². The second kappa shape index (κ2) is 9.76. The predicted octanol–water partition coefficient (Wildman–Crippen LogP) is 3.99. The molecule has 3 fully saturated rings. The van der Waals surface area contributed by atoms with Crippen LogP contribution in [-0.4, -0.2) is 45.7 Å². The number of hydrogen-bond donors (Lipinski definition) is 1. The molecule has 1 atom stereocenters. The number of benzene rings is 1. The number of hydrogen-bond acceptors (Lipinski definition) is 4. The van der Waals surface area contributed by atoms with Crippen molar-refractivity contribution in [2.75, 3.05) is 13.1 Å². The first-order valence-corrected chi connectivity index (χ1v) is 12.6. The SMILES string of the molecule is O=C(C1CCCCC1)N1CCC([C@@]2(c3cccnc3)NC(=O)N(Cc3ccc(F)cc3)C2=O)CC1. The van der Waals surface area contributed by atoms with Gasteiger partial charge in [-0.3, -0.25) is 19.5 Å². The summed E-state index contributed by atoms with van der Waals surface area (Å²) < 4.78 is 13.4. The fraction of sp³-hybridized carbons (Fsp3) is 0.481. The lowest BCUT2D eigenvalue weighted by atomic mass is 9.73. The van der Waals surface area contributed by atoms with Crippen molar-refractivity contribution >= 4 is 17.8 Å². The Balaban J connectivity index is 1.37. The zero-order valence-corrected chi connectivity index (χ0v) is 19.8. The third kappa shape index (κ3) is 4.42. The van der Waals surface area contributed by atoms with Gasteiger partial charge in [-0.1, -0.05) is 37.5 Å². The fourth-order valence-electron chi connectivity index (χ4n) is 5.96. The summed E-state index contributed by atoms with van der Waals surface area (Å²) in [7, 11) is 0. The van der Waals surface area contributed by atoms with Crippen LogP contribution < -0.4 is 5.32 Å². The zero-order valence-electron chi connectivity index (χ0n) is 19.8. The second-order valence-corrected chi connectivity index (χ2v) is 9.93. The van der Waals surface area contributed by atoms with Gasteiger partial charge in [-0.05, 0) is 55.4 Å². The zero-order chi connectivity index (χ0) is 24.4. The normalized spacial score (nSPS) is 24.0. The summed E-state index contributed by atoms with van der Waals surface area (Å²) in [6.45, 7) is 1.21. The molecular formula is C27H31FN4O3. The maximum Gasteiger partial charge on any atom is 0.325 e. The highest BCUT2D eigenvalue weighted by atomic mass is 19.1. The summed E-state index contributed by atoms with van der Waals surface area (Å²) >= 11 is 0. The fourth-order valence-corrected chi connectivity index (χ4v) is 5.96. The molecule has 35 heavy (non-hydrogen) atoms. The molecule has 0 unspecified atom stereocenters. The summed E-state index contributed by atoms with van der Waals surface area (Å²) in [5, 5.41) is 3.01. The number of likely N-dealkylation sites (tertiary alicyclic amines) is 1. The first-order chi connectivity index (χ1) is 17.0. The largest absolute Gasteiger partial charge is 0.342 e. The Morgan fingerprint density at radius 2 is 1.74 bits per heavy atom. The number of carbonyl (C=O) groups is 3. The van der Waals surface area contributed by atoms with Crippen molar-refractivity contribution in [2.45, 2.75) is 57.0 Å². The third-order valence-electron chi connectivity index (χ3n) is 7.88. The van der Waals surface area contributed by atoms with Gasteiger partial charge >= 0.3 is 6.03 Å². The molecule has 3 heterocycles. The second-order valence-electron chi connectivity index (χ2n) is 9.93. The molecule has 5 rings (SSSR count). The Bertz CT molecular complexity index is 1080. The van der Waals surface area contributed by atoms with Gasteiger partial charge in [-0.25, -0.2) is 9.18 Å². The first-order valence-electron chi connectivity index (χ1n) is 12.6. The van der Waals surface area contributed by atoms with Crippen LogP contribution in [0.1, 0.15) is 56.1 Å². The Hall–Kier alpha value is -3.29. The molecule has 2 aromatic rings. The molecule has 7 nitrogen and oxygen atoms in total. The molecule has 0 spiro atoms. The Kier molecular flexibility index (Phi) is 6.54. The highest BCUT2D eigenvalue weighted by Gasteiger charge is 2.57. The van der Waals surface area contributed by atoms with Gasteiger partial charge in [0.15, 0.2) is 5.54 Å². The van der Waals surface area contributed by atoms with Crippen molar-refractivity contribution in [2.24, 2.45) is 11.8 Å². The van der Waals surface area contributed by atoms with Crippen LogP contribution in [0.15, 0.2) is 48.8 Å². The van der Waals surface area contributed by atoms with Crippen LogP contribution in [0.5, 0.6) is 0 Å². The van der Waals surface area contributed by atoms with Crippen LogP contribution in [0.4, 0.5) is 9.18 Å². The molecule has 2 saturated heterocycles. The van der Waals surface area contributed by atoms with Gasteiger partial charge in [-0.15, -0.1) is 0 Å². The van der Waals surface area contributed by atoms with Crippen molar-refractivity contribution in [1.29, 1.82) is 0 Å². The summed E-state index contributed by atoms with van der Waals surface area (Å²) in [4.78, 5) is 47.5. The van der Waals surface area contributed by atoms with E-state index in [1.54, 1.807) is 30.6 Å². The smallest absolute Gasteiger partial charge is 0.325 e. The minimum Gasteiger partial charge on any atom is -0.342 e. The van der Waals surface area contributed by atoms with Gasteiger partial charge in [0.05, 0.1) is 6.54 Å². The van der Waals surface area contributed by atoms with Crippen LogP contribution in [-0.2, 0) is 21.7 Å². The standard InChI is InChI=1S/C27H31FN4O3/c28-23-10-8-19(9-11-23)18-32-25(34)27(30-26(32)35,22-7-4-14-29-17-22)21-12-15-31(16-13-21)24(33)20-5-2-1-3-6-20/h4,7-11,14,17,20-21H,1-3,5-6,12-13,15-16,18H2,(H,30,35)/t27-/m0/s1. The van der Waals surface area contributed by atoms with Crippen LogP contribution in [0.25, 0.3) is 0 Å². The highest BCUT2D eigenvalue weighted by molar-refractivity contribution is 6.07. The van der Waals surface area contributed by atoms with Crippen LogP contribution in [0.2, 0.25) is 0 Å². The quantitative estimate of drug-likeness (QED) is 0.659. The maximum atomic E-state index is 13.9. The number of nitrogens with zero attached hydrogens (tertiary/aromatic N) is 3. The van der Waals surface area contributed by atoms with Crippen LogP contribution in [0.3, 0.4) is 0 Å². The predicted molar refractivity (Wildman–Crippen MR) is 127 cm³/mol. The topological polar surface area (TPSA) is 82.6 Å². The minimum atomic E-state index is -1.23. The summed E-state index contributed by atoms with van der Waals surface area (Å²) in [6, 6.07) is 8.92. The lowest BCUT2D eigenvalue weighted by Crippen LogP contribution is -2.54. The molecule has 184 valence electrons. The third-order valence-corrected chi connectivity index (χ3v) is 7.88. The van der Waals surface area contributed by atoms with Gasteiger partial charge < -0.3 is 10.2 Å². The summed E-state index contributed by atoms with van der Waals surface area (Å²) in [5.74, 6) is -0.510. The van der Waals surface area contributed by atoms with E-state index in [9.17, 15) is 18.8 Å². The lowest BCUT2D eigenvalue weighted by Gasteiger charge is -2.42. The maximum absolute atomic E-state index is 13.9.